The van der Waals surface area contributed by atoms with Crippen LogP contribution in [0, 0.1) is 0 Å². The van der Waals surface area contributed by atoms with Crippen molar-refractivity contribution in [2.24, 2.45) is 0 Å². The summed E-state index contributed by atoms with van der Waals surface area (Å²) < 4.78 is 53.6. The van der Waals surface area contributed by atoms with Crippen molar-refractivity contribution in [2.75, 3.05) is 37.1 Å². The van der Waals surface area contributed by atoms with Crippen LogP contribution in [0.4, 0.5) is 24.8 Å². The van der Waals surface area contributed by atoms with E-state index in [1.807, 2.05) is 18.3 Å². The fourth-order valence-corrected chi connectivity index (χ4v) is 5.02. The maximum absolute atomic E-state index is 14.0. The third-order valence-electron chi connectivity index (χ3n) is 6.56. The predicted octanol–water partition coefficient (Wildman–Crippen LogP) is 6.00. The second-order valence-corrected chi connectivity index (χ2v) is 16.3. The molecule has 0 amide bonds. The highest BCUT2D eigenvalue weighted by Crippen LogP contribution is 2.32. The molecule has 4 heterocycles. The lowest BCUT2D eigenvalue weighted by Gasteiger charge is -2.23. The summed E-state index contributed by atoms with van der Waals surface area (Å²) in [7, 11) is 0.0142. The predicted molar refractivity (Wildman–Crippen MR) is 144 cm³/mol. The van der Waals surface area contributed by atoms with Crippen molar-refractivity contribution in [3.63, 3.8) is 0 Å². The van der Waals surface area contributed by atoms with Gasteiger partial charge in [0.25, 0.3) is 6.43 Å². The number of anilines is 2. The summed E-state index contributed by atoms with van der Waals surface area (Å²) in [6, 6.07) is 8.75. The van der Waals surface area contributed by atoms with E-state index >= 15 is 0 Å². The highest BCUT2D eigenvalue weighted by atomic mass is 28.3. The molecule has 202 valence electrons. The van der Waals surface area contributed by atoms with Gasteiger partial charge in [-0.25, -0.2) is 23.1 Å². The van der Waals surface area contributed by atoms with Gasteiger partial charge in [0, 0.05) is 70.4 Å². The summed E-state index contributed by atoms with van der Waals surface area (Å²) >= 11 is 0. The Morgan fingerprint density at radius 1 is 1.16 bits per heavy atom. The number of hydrogen-bond donors (Lipinski definition) is 1. The second-order valence-electron chi connectivity index (χ2n) is 10.7. The summed E-state index contributed by atoms with van der Waals surface area (Å²) in [4.78, 5) is 9.58. The Hall–Kier alpha value is -2.63. The molecular weight excluding hydrogens is 499 g/mol. The van der Waals surface area contributed by atoms with Crippen molar-refractivity contribution >= 4 is 30.6 Å². The monoisotopic (exact) mass is 535 g/mol. The summed E-state index contributed by atoms with van der Waals surface area (Å²) in [5.74, 6) is 0.904. The van der Waals surface area contributed by atoms with E-state index in [1.165, 1.54) is 13.2 Å². The topological polar surface area (TPSA) is 64.4 Å². The van der Waals surface area contributed by atoms with Crippen molar-refractivity contribution in [1.82, 2.24) is 14.5 Å². The molecule has 0 bridgehead atoms. The molecule has 4 rings (SSSR count). The van der Waals surface area contributed by atoms with E-state index in [2.05, 4.69) is 39.5 Å². The molecule has 1 saturated heterocycles. The van der Waals surface area contributed by atoms with Gasteiger partial charge in [-0.15, -0.1) is 0 Å². The smallest absolute Gasteiger partial charge is 0.287 e. The van der Waals surface area contributed by atoms with Crippen molar-refractivity contribution in [3.8, 4) is 11.3 Å². The molecule has 0 aliphatic carbocycles. The molecule has 1 fully saturated rings. The minimum absolute atomic E-state index is 0.127. The molecule has 1 aliphatic heterocycles. The summed E-state index contributed by atoms with van der Waals surface area (Å²) in [5.41, 5.74) is 2.48. The number of nitrogens with zero attached hydrogens (tertiary/aromatic N) is 4. The molecule has 11 heteroatoms. The lowest BCUT2D eigenvalue weighted by Crippen LogP contribution is -2.34. The Balaban J connectivity index is 1.67. The Morgan fingerprint density at radius 3 is 2.62 bits per heavy atom. The molecule has 1 N–H and O–H groups in total. The summed E-state index contributed by atoms with van der Waals surface area (Å²) in [6.45, 7) is 9.35. The first-order valence-electron chi connectivity index (χ1n) is 12.7. The van der Waals surface area contributed by atoms with Crippen LogP contribution in [0.15, 0.2) is 36.7 Å². The number of rotatable bonds is 11. The van der Waals surface area contributed by atoms with E-state index in [0.717, 1.165) is 65.0 Å². The minimum Gasteiger partial charge on any atom is -0.381 e. The van der Waals surface area contributed by atoms with E-state index < -0.39 is 20.8 Å². The Labute approximate surface area is 217 Å². The lowest BCUT2D eigenvalue weighted by molar-refractivity contribution is 0.0504. The zero-order valence-corrected chi connectivity index (χ0v) is 22.9. The number of halogens is 3. The van der Waals surface area contributed by atoms with Gasteiger partial charge in [0.1, 0.15) is 18.4 Å². The van der Waals surface area contributed by atoms with Crippen LogP contribution >= 0.6 is 0 Å². The van der Waals surface area contributed by atoms with Gasteiger partial charge in [0.05, 0.1) is 11.2 Å². The van der Waals surface area contributed by atoms with Crippen LogP contribution in [-0.4, -0.2) is 68.2 Å². The van der Waals surface area contributed by atoms with Crippen LogP contribution in [0.5, 0.6) is 0 Å². The molecule has 0 aromatic carbocycles. The number of nitrogens with one attached hydrogen (secondary N) is 1. The molecule has 1 aliphatic rings. The number of aromatic nitrogens is 3. The zero-order chi connectivity index (χ0) is 26.6. The highest BCUT2D eigenvalue weighted by molar-refractivity contribution is 6.76. The number of hydrogen-bond acceptors (Lipinski definition) is 6. The molecule has 3 aromatic heterocycles. The highest BCUT2D eigenvalue weighted by Gasteiger charge is 2.26. The number of fused-ring (bicyclic) bond motifs is 1. The quantitative estimate of drug-likeness (QED) is 0.185. The SMILES string of the molecule is CN(c1cc(-c2cc3cnc(NC4CCOCC4)cc3n2COCC[Si](C)(C)C)ccn1)C(F)C(F)F. The lowest BCUT2D eigenvalue weighted by atomic mass is 10.1. The molecule has 3 aromatic rings. The van der Waals surface area contributed by atoms with E-state index in [4.69, 9.17) is 9.47 Å². The molecule has 0 spiro atoms. The van der Waals surface area contributed by atoms with Crippen molar-refractivity contribution in [2.45, 2.75) is 64.0 Å². The first-order valence-corrected chi connectivity index (χ1v) is 16.4. The van der Waals surface area contributed by atoms with Gasteiger partial charge in [0.2, 0.25) is 6.30 Å². The molecule has 1 atom stereocenters. The normalized spacial score (nSPS) is 15.9. The fraction of sp³-hybridized carbons (Fsp3) is 0.538. The number of pyridine rings is 2. The van der Waals surface area contributed by atoms with E-state index in [1.54, 1.807) is 12.1 Å². The van der Waals surface area contributed by atoms with Gasteiger partial charge in [-0.1, -0.05) is 19.6 Å². The molecule has 0 radical (unpaired) electrons. The summed E-state index contributed by atoms with van der Waals surface area (Å²) in [5, 5.41) is 4.43. The van der Waals surface area contributed by atoms with Crippen molar-refractivity contribution in [1.29, 1.82) is 0 Å². The zero-order valence-electron chi connectivity index (χ0n) is 21.9. The van der Waals surface area contributed by atoms with Gasteiger partial charge in [-0.05, 0) is 37.1 Å². The Kier molecular flexibility index (Phi) is 8.76. The van der Waals surface area contributed by atoms with Gasteiger partial charge in [-0.3, -0.25) is 0 Å². The van der Waals surface area contributed by atoms with Crippen LogP contribution in [-0.2, 0) is 16.2 Å². The first kappa shape index (κ1) is 27.4. The maximum Gasteiger partial charge on any atom is 0.287 e. The van der Waals surface area contributed by atoms with Crippen LogP contribution < -0.4 is 10.2 Å². The largest absolute Gasteiger partial charge is 0.381 e. The Morgan fingerprint density at radius 2 is 1.92 bits per heavy atom. The number of ether oxygens (including phenoxy) is 2. The third-order valence-corrected chi connectivity index (χ3v) is 8.26. The van der Waals surface area contributed by atoms with E-state index in [-0.39, 0.29) is 5.82 Å². The standard InChI is InChI=1S/C26H36F3N5O2Si/c1-33(26(29)25(27)28)24-14-18(5-8-30-24)21-13-19-16-31-23(32-20-6-9-35-10-7-20)15-22(19)34(21)17-36-11-12-37(2,3)4/h5,8,13-16,20,25-26H,6-7,9-12,17H2,1-4H3,(H,31,32). The number of alkyl halides is 3. The van der Waals surface area contributed by atoms with Gasteiger partial charge < -0.3 is 24.3 Å². The van der Waals surface area contributed by atoms with Crippen molar-refractivity contribution < 1.29 is 22.6 Å². The average Bonchev–Trinajstić information content (AvgIpc) is 3.23. The summed E-state index contributed by atoms with van der Waals surface area (Å²) in [6.07, 6.45) is -0.401. The fourth-order valence-electron chi connectivity index (χ4n) is 4.26. The average molecular weight is 536 g/mol. The van der Waals surface area contributed by atoms with E-state index in [9.17, 15) is 13.2 Å². The first-order chi connectivity index (χ1) is 17.6. The molecule has 7 nitrogen and oxygen atoms in total. The van der Waals surface area contributed by atoms with Crippen LogP contribution in [0.2, 0.25) is 25.7 Å². The van der Waals surface area contributed by atoms with Gasteiger partial charge in [-0.2, -0.15) is 0 Å². The molecule has 0 saturated carbocycles. The minimum atomic E-state index is -3.13. The van der Waals surface area contributed by atoms with Crippen molar-refractivity contribution in [3.05, 3.63) is 36.7 Å². The molecule has 1 unspecified atom stereocenters. The van der Waals surface area contributed by atoms with Crippen LogP contribution in [0.1, 0.15) is 12.8 Å². The maximum atomic E-state index is 14.0. The Bertz CT molecular complexity index is 1180. The third kappa shape index (κ3) is 7.02. The molecular formula is C26H36F3N5O2Si. The second kappa shape index (κ2) is 11.8. The van der Waals surface area contributed by atoms with Crippen LogP contribution in [0.3, 0.4) is 0 Å². The molecule has 37 heavy (non-hydrogen) atoms. The van der Waals surface area contributed by atoms with Gasteiger partial charge in [0.15, 0.2) is 0 Å². The van der Waals surface area contributed by atoms with Gasteiger partial charge >= 0.3 is 0 Å². The van der Waals surface area contributed by atoms with E-state index in [0.29, 0.717) is 19.4 Å². The van der Waals surface area contributed by atoms with Crippen LogP contribution in [0.25, 0.3) is 22.2 Å².